The van der Waals surface area contributed by atoms with Crippen molar-refractivity contribution in [3.63, 3.8) is 0 Å². The third-order valence-corrected chi connectivity index (χ3v) is 5.44. The smallest absolute Gasteiger partial charge is 0.309 e. The largest absolute Gasteiger partial charge is 0.497 e. The van der Waals surface area contributed by atoms with E-state index in [9.17, 15) is 9.59 Å². The van der Waals surface area contributed by atoms with E-state index in [1.807, 2.05) is 54.6 Å². The molecule has 37 heavy (non-hydrogen) atoms. The van der Waals surface area contributed by atoms with Gasteiger partial charge in [-0.15, -0.1) is 0 Å². The van der Waals surface area contributed by atoms with E-state index in [0.29, 0.717) is 39.7 Å². The lowest BCUT2D eigenvalue weighted by molar-refractivity contribution is -0.132. The van der Waals surface area contributed by atoms with Crippen LogP contribution in [0.4, 0.5) is 5.69 Å². The van der Waals surface area contributed by atoms with Gasteiger partial charge in [0.1, 0.15) is 23.8 Å². The van der Waals surface area contributed by atoms with Gasteiger partial charge in [0.25, 0.3) is 0 Å². The predicted molar refractivity (Wildman–Crippen MR) is 139 cm³/mol. The lowest BCUT2D eigenvalue weighted by Gasteiger charge is -2.11. The highest BCUT2D eigenvalue weighted by Crippen LogP contribution is 2.42. The third-order valence-electron chi connectivity index (χ3n) is 5.44. The van der Waals surface area contributed by atoms with Crippen LogP contribution in [0, 0.1) is 0 Å². The fraction of sp³-hybridized carbons (Fsp3) is 0.179. The maximum absolute atomic E-state index is 12.2. The first kappa shape index (κ1) is 25.5. The van der Waals surface area contributed by atoms with E-state index >= 15 is 0 Å². The van der Waals surface area contributed by atoms with Gasteiger partial charge >= 0.3 is 5.97 Å². The quantitative estimate of drug-likeness (QED) is 0.331. The Morgan fingerprint density at radius 3 is 2.08 bits per heavy atom. The normalized spacial score (nSPS) is 10.6. The molecule has 0 aliphatic heterocycles. The van der Waals surface area contributed by atoms with Crippen LogP contribution in [-0.4, -0.2) is 49.6 Å². The number of carbonyl (C=O) groups is 2. The van der Waals surface area contributed by atoms with Crippen LogP contribution in [0.1, 0.15) is 6.92 Å². The average molecular weight is 502 g/mol. The number of nitrogens with zero attached hydrogens (tertiary/aromatic N) is 2. The van der Waals surface area contributed by atoms with Crippen LogP contribution in [0.15, 0.2) is 72.8 Å². The van der Waals surface area contributed by atoms with Crippen LogP contribution in [0.3, 0.4) is 0 Å². The lowest BCUT2D eigenvalue weighted by Crippen LogP contribution is -2.16. The zero-order valence-electron chi connectivity index (χ0n) is 21.0. The molecule has 4 aromatic rings. The number of carbonyl (C=O) groups excluding carboxylic acids is 2. The van der Waals surface area contributed by atoms with Crippen molar-refractivity contribution in [1.82, 2.24) is 9.78 Å². The second-order valence-electron chi connectivity index (χ2n) is 8.03. The molecule has 1 amide bonds. The number of anilines is 1. The molecule has 4 rings (SSSR count). The molecule has 1 heterocycles. The maximum atomic E-state index is 12.2. The Morgan fingerprint density at radius 1 is 0.865 bits per heavy atom. The molecule has 0 fully saturated rings. The molecule has 0 aliphatic rings. The molecule has 0 bridgehead atoms. The van der Waals surface area contributed by atoms with Crippen LogP contribution in [0.25, 0.3) is 28.1 Å². The van der Waals surface area contributed by atoms with E-state index in [2.05, 4.69) is 5.32 Å². The fourth-order valence-corrected chi connectivity index (χ4v) is 3.83. The first-order valence-electron chi connectivity index (χ1n) is 11.4. The van der Waals surface area contributed by atoms with Gasteiger partial charge in [0, 0.05) is 31.4 Å². The Balaban J connectivity index is 1.94. The van der Waals surface area contributed by atoms with Crippen LogP contribution < -0.4 is 19.5 Å². The Kier molecular flexibility index (Phi) is 7.85. The number of hydrogen-bond acceptors (Lipinski definition) is 7. The summed E-state index contributed by atoms with van der Waals surface area (Å²) < 4.78 is 23.2. The number of benzene rings is 3. The second-order valence-corrected chi connectivity index (χ2v) is 8.03. The van der Waals surface area contributed by atoms with Crippen LogP contribution in [-0.2, 0) is 14.3 Å². The minimum absolute atomic E-state index is 0.0516. The van der Waals surface area contributed by atoms with Crippen LogP contribution >= 0.6 is 0 Å². The first-order valence-corrected chi connectivity index (χ1v) is 11.4. The molecule has 0 atom stereocenters. The Bertz CT molecular complexity index is 1380. The standard InChI is InChI=1S/C28H27N3O6/c1-18(32)37-28-26(19-10-12-21(13-11-19)29-25(33)17-34-2)27(30-31(28)22-8-6-5-7-9-22)20-14-23(35-3)16-24(15-20)36-4/h5-16H,17H2,1-4H3,(H,29,33). The SMILES string of the molecule is COCC(=O)Nc1ccc(-c2c(-c3cc(OC)cc(OC)c3)nn(-c3ccccc3)c2OC(C)=O)cc1. The van der Waals surface area contributed by atoms with Crippen molar-refractivity contribution in [3.8, 4) is 45.5 Å². The summed E-state index contributed by atoms with van der Waals surface area (Å²) in [6.45, 7) is 1.29. The predicted octanol–water partition coefficient (Wildman–Crippen LogP) is 4.73. The van der Waals surface area contributed by atoms with E-state index in [0.717, 1.165) is 5.56 Å². The molecule has 9 nitrogen and oxygen atoms in total. The molecule has 1 N–H and O–H groups in total. The summed E-state index contributed by atoms with van der Waals surface area (Å²) in [4.78, 5) is 24.1. The van der Waals surface area contributed by atoms with Crippen molar-refractivity contribution in [1.29, 1.82) is 0 Å². The second kappa shape index (κ2) is 11.4. The number of methoxy groups -OCH3 is 3. The molecule has 0 radical (unpaired) electrons. The summed E-state index contributed by atoms with van der Waals surface area (Å²) in [7, 11) is 4.60. The van der Waals surface area contributed by atoms with Gasteiger partial charge in [-0.2, -0.15) is 9.78 Å². The van der Waals surface area contributed by atoms with Gasteiger partial charge in [-0.3, -0.25) is 9.59 Å². The van der Waals surface area contributed by atoms with Gasteiger partial charge in [-0.05, 0) is 42.0 Å². The number of aromatic nitrogens is 2. The summed E-state index contributed by atoms with van der Waals surface area (Å²) in [6, 6.07) is 22.0. The monoisotopic (exact) mass is 501 g/mol. The van der Waals surface area contributed by atoms with Gasteiger partial charge in [-0.25, -0.2) is 0 Å². The minimum Gasteiger partial charge on any atom is -0.497 e. The number of nitrogens with one attached hydrogen (secondary N) is 1. The van der Waals surface area contributed by atoms with E-state index in [1.165, 1.54) is 14.0 Å². The van der Waals surface area contributed by atoms with Crippen molar-refractivity contribution in [2.75, 3.05) is 33.3 Å². The number of para-hydroxylation sites is 1. The van der Waals surface area contributed by atoms with Gasteiger partial charge in [0.05, 0.1) is 25.5 Å². The van der Waals surface area contributed by atoms with Crippen LogP contribution in [0.2, 0.25) is 0 Å². The van der Waals surface area contributed by atoms with E-state index in [-0.39, 0.29) is 18.4 Å². The zero-order chi connectivity index (χ0) is 26.4. The van der Waals surface area contributed by atoms with Crippen molar-refractivity contribution in [2.45, 2.75) is 6.92 Å². The minimum atomic E-state index is -0.489. The topological polar surface area (TPSA) is 101 Å². The molecule has 0 unspecified atom stereocenters. The summed E-state index contributed by atoms with van der Waals surface area (Å²) in [5, 5.41) is 7.64. The van der Waals surface area contributed by atoms with E-state index < -0.39 is 5.97 Å². The summed E-state index contributed by atoms with van der Waals surface area (Å²) >= 11 is 0. The number of rotatable bonds is 9. The summed E-state index contributed by atoms with van der Waals surface area (Å²) in [5.74, 6) is 0.666. The van der Waals surface area contributed by atoms with Gasteiger partial charge in [0.15, 0.2) is 0 Å². The highest BCUT2D eigenvalue weighted by Gasteiger charge is 2.25. The maximum Gasteiger partial charge on any atom is 0.309 e. The van der Waals surface area contributed by atoms with Crippen LogP contribution in [0.5, 0.6) is 17.4 Å². The Labute approximate surface area is 214 Å². The molecule has 190 valence electrons. The Hall–Kier alpha value is -4.63. The third kappa shape index (κ3) is 5.79. The zero-order valence-corrected chi connectivity index (χ0v) is 21.0. The first-order chi connectivity index (χ1) is 17.9. The molecular weight excluding hydrogens is 474 g/mol. The van der Waals surface area contributed by atoms with Gasteiger partial charge in [0.2, 0.25) is 11.8 Å². The van der Waals surface area contributed by atoms with E-state index in [4.69, 9.17) is 24.0 Å². The van der Waals surface area contributed by atoms with Crippen molar-refractivity contribution < 1.29 is 28.5 Å². The number of esters is 1. The molecule has 0 saturated heterocycles. The highest BCUT2D eigenvalue weighted by molar-refractivity contribution is 5.93. The number of amides is 1. The van der Waals surface area contributed by atoms with Crippen molar-refractivity contribution >= 4 is 17.6 Å². The molecular formula is C28H27N3O6. The number of ether oxygens (including phenoxy) is 4. The van der Waals surface area contributed by atoms with Crippen molar-refractivity contribution in [3.05, 3.63) is 72.8 Å². The Morgan fingerprint density at radius 2 is 1.51 bits per heavy atom. The molecule has 0 aliphatic carbocycles. The van der Waals surface area contributed by atoms with Gasteiger partial charge in [-0.1, -0.05) is 30.3 Å². The summed E-state index contributed by atoms with van der Waals surface area (Å²) in [6.07, 6.45) is 0. The number of hydrogen-bond donors (Lipinski definition) is 1. The molecule has 3 aromatic carbocycles. The van der Waals surface area contributed by atoms with Gasteiger partial charge < -0.3 is 24.3 Å². The highest BCUT2D eigenvalue weighted by atomic mass is 16.5. The molecule has 9 heteroatoms. The molecule has 1 aromatic heterocycles. The van der Waals surface area contributed by atoms with E-state index in [1.54, 1.807) is 37.1 Å². The summed E-state index contributed by atoms with van der Waals surface area (Å²) in [5.41, 5.74) is 3.87. The molecule has 0 spiro atoms. The lowest BCUT2D eigenvalue weighted by atomic mass is 10.0. The molecule has 0 saturated carbocycles. The average Bonchev–Trinajstić information content (AvgIpc) is 3.27. The van der Waals surface area contributed by atoms with Crippen molar-refractivity contribution in [2.24, 2.45) is 0 Å². The fourth-order valence-electron chi connectivity index (χ4n) is 3.83.